The SMILES string of the molecule is CC1(C)[C@@H](O)[C@H](O)[C@@H]2[C@@](C)(O)[C@@H]3CC[C@@H]4[C@@H](O)[C@@]3(C[C@@H](O)[C@]21O)C[C@]4(C)O. The molecule has 156 valence electrons. The second-order valence-corrected chi connectivity index (χ2v) is 10.9. The van der Waals surface area contributed by atoms with Gasteiger partial charge in [0.2, 0.25) is 0 Å². The first-order valence-corrected chi connectivity index (χ1v) is 10.0. The lowest BCUT2D eigenvalue weighted by molar-refractivity contribution is -0.209. The fourth-order valence-electron chi connectivity index (χ4n) is 7.95. The molecule has 0 unspecified atom stereocenters. The second-order valence-electron chi connectivity index (χ2n) is 10.9. The smallest absolute Gasteiger partial charge is 0.106 e. The van der Waals surface area contributed by atoms with Gasteiger partial charge in [-0.2, -0.15) is 0 Å². The number of rotatable bonds is 0. The van der Waals surface area contributed by atoms with Crippen LogP contribution in [-0.4, -0.2) is 77.0 Å². The highest BCUT2D eigenvalue weighted by Gasteiger charge is 2.78. The Balaban J connectivity index is 1.92. The molecule has 1 spiro atoms. The third-order valence-electron chi connectivity index (χ3n) is 9.24. The van der Waals surface area contributed by atoms with Crippen LogP contribution in [0.3, 0.4) is 0 Å². The van der Waals surface area contributed by atoms with E-state index in [1.165, 1.54) is 6.92 Å². The fraction of sp³-hybridized carbons (Fsp3) is 1.00. The van der Waals surface area contributed by atoms with Crippen molar-refractivity contribution in [1.29, 1.82) is 0 Å². The maximum atomic E-state index is 11.7. The normalized spacial score (nSPS) is 64.8. The molecule has 27 heavy (non-hydrogen) atoms. The van der Waals surface area contributed by atoms with Gasteiger partial charge in [-0.1, -0.05) is 13.8 Å². The van der Waals surface area contributed by atoms with E-state index < -0.39 is 63.9 Å². The molecule has 7 nitrogen and oxygen atoms in total. The summed E-state index contributed by atoms with van der Waals surface area (Å²) in [5, 5.41) is 78.0. The molecule has 4 fully saturated rings. The molecule has 4 saturated carbocycles. The lowest BCUT2D eigenvalue weighted by atomic mass is 9.57. The Morgan fingerprint density at radius 2 is 1.41 bits per heavy atom. The van der Waals surface area contributed by atoms with Crippen molar-refractivity contribution in [2.24, 2.45) is 28.6 Å². The first-order chi connectivity index (χ1) is 12.2. The maximum absolute atomic E-state index is 11.7. The Bertz CT molecular complexity index is 646. The summed E-state index contributed by atoms with van der Waals surface area (Å²) in [6, 6.07) is 0. The molecule has 0 aromatic rings. The molecule has 4 aliphatic carbocycles. The standard InChI is InChI=1S/C20H34O7/c1-16(2)15(24)12(22)13-18(4,26)10-6-5-9-14(23)19(10,8-17(9,3)25)7-11(21)20(13,16)27/h9-15,21-27H,5-8H2,1-4H3/t9-,10+,11-,12-,13-,14-,15+,17+,18+,19+,20+/m1/s1. The Morgan fingerprint density at radius 3 is 2.00 bits per heavy atom. The van der Waals surface area contributed by atoms with Crippen molar-refractivity contribution in [2.45, 2.75) is 94.6 Å². The number of hydrogen-bond donors (Lipinski definition) is 7. The minimum atomic E-state index is -1.94. The number of aliphatic hydroxyl groups excluding tert-OH is 4. The molecule has 0 radical (unpaired) electrons. The van der Waals surface area contributed by atoms with Crippen LogP contribution in [0.25, 0.3) is 0 Å². The third kappa shape index (κ3) is 2.02. The predicted octanol–water partition coefficient (Wildman–Crippen LogP) is -0.861. The van der Waals surface area contributed by atoms with Crippen LogP contribution in [0.2, 0.25) is 0 Å². The molecule has 2 bridgehead atoms. The van der Waals surface area contributed by atoms with E-state index in [1.54, 1.807) is 20.8 Å². The van der Waals surface area contributed by atoms with Gasteiger partial charge in [0, 0.05) is 22.7 Å². The summed E-state index contributed by atoms with van der Waals surface area (Å²) in [4.78, 5) is 0. The summed E-state index contributed by atoms with van der Waals surface area (Å²) < 4.78 is 0. The van der Waals surface area contributed by atoms with Crippen molar-refractivity contribution in [2.75, 3.05) is 0 Å². The van der Waals surface area contributed by atoms with Gasteiger partial charge in [-0.25, -0.2) is 0 Å². The molecule has 4 rings (SSSR count). The minimum absolute atomic E-state index is 0.00248. The Hall–Kier alpha value is -0.280. The minimum Gasteiger partial charge on any atom is -0.392 e. The third-order valence-corrected chi connectivity index (χ3v) is 9.24. The summed E-state index contributed by atoms with van der Waals surface area (Å²) >= 11 is 0. The van der Waals surface area contributed by atoms with Crippen LogP contribution in [0, 0.1) is 28.6 Å². The van der Waals surface area contributed by atoms with E-state index in [1.807, 2.05) is 0 Å². The van der Waals surface area contributed by atoms with E-state index in [0.717, 1.165) is 0 Å². The first-order valence-electron chi connectivity index (χ1n) is 10.0. The van der Waals surface area contributed by atoms with Crippen LogP contribution in [0.4, 0.5) is 0 Å². The van der Waals surface area contributed by atoms with Gasteiger partial charge in [0.25, 0.3) is 0 Å². The maximum Gasteiger partial charge on any atom is 0.106 e. The van der Waals surface area contributed by atoms with E-state index >= 15 is 0 Å². The first kappa shape index (κ1) is 20.0. The van der Waals surface area contributed by atoms with Gasteiger partial charge in [0.05, 0.1) is 35.6 Å². The van der Waals surface area contributed by atoms with Gasteiger partial charge in [-0.15, -0.1) is 0 Å². The van der Waals surface area contributed by atoms with Gasteiger partial charge >= 0.3 is 0 Å². The highest BCUT2D eigenvalue weighted by molar-refractivity contribution is 5.27. The largest absolute Gasteiger partial charge is 0.392 e. The quantitative estimate of drug-likeness (QED) is 0.287. The highest BCUT2D eigenvalue weighted by Crippen LogP contribution is 2.69. The zero-order chi connectivity index (χ0) is 20.4. The van der Waals surface area contributed by atoms with Gasteiger partial charge in [-0.05, 0) is 45.4 Å². The molecular weight excluding hydrogens is 352 g/mol. The highest BCUT2D eigenvalue weighted by atomic mass is 16.4. The molecule has 0 aromatic heterocycles. The summed E-state index contributed by atoms with van der Waals surface area (Å²) in [6.45, 7) is 6.38. The topological polar surface area (TPSA) is 142 Å². The molecular formula is C20H34O7. The fourth-order valence-corrected chi connectivity index (χ4v) is 7.95. The average molecular weight is 386 g/mol. The van der Waals surface area contributed by atoms with Crippen molar-refractivity contribution in [3.63, 3.8) is 0 Å². The van der Waals surface area contributed by atoms with Crippen molar-refractivity contribution < 1.29 is 35.7 Å². The molecule has 0 amide bonds. The van der Waals surface area contributed by atoms with E-state index in [0.29, 0.717) is 12.8 Å². The molecule has 11 atom stereocenters. The van der Waals surface area contributed by atoms with Crippen LogP contribution in [0.5, 0.6) is 0 Å². The number of aliphatic hydroxyl groups is 7. The molecule has 0 saturated heterocycles. The monoisotopic (exact) mass is 386 g/mol. The molecule has 7 heteroatoms. The average Bonchev–Trinajstić information content (AvgIpc) is 2.71. The van der Waals surface area contributed by atoms with E-state index in [2.05, 4.69) is 0 Å². The van der Waals surface area contributed by atoms with Crippen molar-refractivity contribution in [3.8, 4) is 0 Å². The molecule has 0 heterocycles. The van der Waals surface area contributed by atoms with Gasteiger partial charge < -0.3 is 35.7 Å². The summed E-state index contributed by atoms with van der Waals surface area (Å²) in [5.74, 6) is -2.06. The molecule has 4 aliphatic rings. The Labute approximate surface area is 159 Å². The zero-order valence-electron chi connectivity index (χ0n) is 16.5. The van der Waals surface area contributed by atoms with Crippen LogP contribution < -0.4 is 0 Å². The summed E-state index contributed by atoms with van der Waals surface area (Å²) in [6.07, 6.45) is -3.78. The molecule has 7 N–H and O–H groups in total. The van der Waals surface area contributed by atoms with Crippen molar-refractivity contribution in [3.05, 3.63) is 0 Å². The van der Waals surface area contributed by atoms with E-state index in [-0.39, 0.29) is 18.8 Å². The lowest BCUT2D eigenvalue weighted by Crippen LogP contribution is -2.62. The van der Waals surface area contributed by atoms with Crippen LogP contribution in [0.1, 0.15) is 53.4 Å². The van der Waals surface area contributed by atoms with E-state index in [4.69, 9.17) is 0 Å². The van der Waals surface area contributed by atoms with E-state index in [9.17, 15) is 35.7 Å². The van der Waals surface area contributed by atoms with Crippen molar-refractivity contribution >= 4 is 0 Å². The summed E-state index contributed by atoms with van der Waals surface area (Å²) in [7, 11) is 0. The van der Waals surface area contributed by atoms with Crippen LogP contribution >= 0.6 is 0 Å². The molecule has 0 aliphatic heterocycles. The lowest BCUT2D eigenvalue weighted by Gasteiger charge is -2.51. The Kier molecular flexibility index (Phi) is 3.89. The zero-order valence-corrected chi connectivity index (χ0v) is 16.5. The predicted molar refractivity (Wildman–Crippen MR) is 95.4 cm³/mol. The second kappa shape index (κ2) is 5.25. The van der Waals surface area contributed by atoms with Crippen LogP contribution in [0.15, 0.2) is 0 Å². The summed E-state index contributed by atoms with van der Waals surface area (Å²) in [5.41, 5.74) is -6.94. The molecule has 0 aromatic carbocycles. The van der Waals surface area contributed by atoms with Crippen LogP contribution in [-0.2, 0) is 0 Å². The van der Waals surface area contributed by atoms with Gasteiger partial charge in [0.1, 0.15) is 5.60 Å². The Morgan fingerprint density at radius 1 is 0.815 bits per heavy atom. The number of hydrogen-bond acceptors (Lipinski definition) is 7. The number of fused-ring (bicyclic) bond motifs is 2. The van der Waals surface area contributed by atoms with Gasteiger partial charge in [-0.3, -0.25) is 0 Å². The van der Waals surface area contributed by atoms with Crippen molar-refractivity contribution in [1.82, 2.24) is 0 Å². The van der Waals surface area contributed by atoms with Gasteiger partial charge in [0.15, 0.2) is 0 Å².